The van der Waals surface area contributed by atoms with Gasteiger partial charge >= 0.3 is 18.2 Å². The van der Waals surface area contributed by atoms with Crippen molar-refractivity contribution < 1.29 is 37.5 Å². The Labute approximate surface area is 317 Å². The number of nitrogens with one attached hydrogen (secondary N) is 4. The topological polar surface area (TPSA) is 161 Å². The predicted octanol–water partition coefficient (Wildman–Crippen LogP) is 8.96. The Balaban J connectivity index is 1.17. The van der Waals surface area contributed by atoms with E-state index < -0.39 is 35.6 Å². The molecule has 4 amide bonds. The second kappa shape index (κ2) is 14.4. The van der Waals surface area contributed by atoms with Crippen LogP contribution in [0.5, 0.6) is 0 Å². The number of anilines is 5. The molecule has 0 fully saturated rings. The highest BCUT2D eigenvalue weighted by Crippen LogP contribution is 2.39. The van der Waals surface area contributed by atoms with E-state index in [0.717, 1.165) is 17.0 Å². The van der Waals surface area contributed by atoms with Crippen molar-refractivity contribution in [2.75, 3.05) is 20.9 Å². The zero-order valence-electron chi connectivity index (χ0n) is 29.9. The molecule has 56 heavy (non-hydrogen) atoms. The van der Waals surface area contributed by atoms with Crippen LogP contribution in [-0.4, -0.2) is 43.5 Å². The van der Waals surface area contributed by atoms with Crippen molar-refractivity contribution in [3.05, 3.63) is 148 Å². The molecule has 1 aliphatic heterocycles. The molecule has 0 saturated heterocycles. The van der Waals surface area contributed by atoms with Crippen molar-refractivity contribution >= 4 is 63.9 Å². The minimum atomic E-state index is -4.74. The summed E-state index contributed by atoms with van der Waals surface area (Å²) >= 11 is 0. The van der Waals surface area contributed by atoms with Gasteiger partial charge in [0.2, 0.25) is 0 Å². The molecule has 282 valence electrons. The molecule has 12 nitrogen and oxygen atoms in total. The summed E-state index contributed by atoms with van der Waals surface area (Å²) in [7, 11) is 0. The van der Waals surface area contributed by atoms with Gasteiger partial charge in [0.1, 0.15) is 0 Å². The maximum atomic E-state index is 14.3. The first-order valence-electron chi connectivity index (χ1n) is 17.1. The number of amides is 4. The van der Waals surface area contributed by atoms with Gasteiger partial charge in [-0.25, -0.2) is 14.6 Å². The number of imidazole rings is 1. The number of carboxylic acids is 1. The van der Waals surface area contributed by atoms with Gasteiger partial charge in [-0.3, -0.25) is 14.5 Å². The van der Waals surface area contributed by atoms with Crippen molar-refractivity contribution in [1.29, 1.82) is 0 Å². The van der Waals surface area contributed by atoms with Gasteiger partial charge in [0.25, 0.3) is 11.8 Å². The minimum absolute atomic E-state index is 0.0749. The van der Waals surface area contributed by atoms with E-state index in [0.29, 0.717) is 45.2 Å². The number of carbonyl (C=O) groups excluding carboxylic acids is 3. The summed E-state index contributed by atoms with van der Waals surface area (Å²) in [5.74, 6) is -2.11. The van der Waals surface area contributed by atoms with E-state index in [-0.39, 0.29) is 33.9 Å². The number of nitrogens with zero attached hydrogens (tertiary/aromatic N) is 3. The number of halogens is 3. The highest BCUT2D eigenvalue weighted by molar-refractivity contribution is 6.35. The molecule has 5 N–H and O–H groups in total. The SMILES string of the molecule is Cc1cn(-c2cc(N(C(=O)c3ccccc3)c3cccc(NC(=O)Nc4ccc5c(c4)NC(=O)C5=Cc4[nH]c(C)c(C(=O)O)c4C)c3)cc(C(F)(F)F)c2)cn1. The normalized spacial score (nSPS) is 13.0. The average Bonchev–Trinajstić information content (AvgIpc) is 3.81. The number of hydrogen-bond acceptors (Lipinski definition) is 5. The highest BCUT2D eigenvalue weighted by atomic mass is 19.4. The number of fused-ring (bicyclic) bond motifs is 1. The number of alkyl halides is 3. The molecule has 0 aliphatic carbocycles. The third-order valence-electron chi connectivity index (χ3n) is 9.12. The molecule has 4 aromatic carbocycles. The van der Waals surface area contributed by atoms with Crippen LogP contribution in [0.3, 0.4) is 0 Å². The quantitative estimate of drug-likeness (QED) is 0.0974. The van der Waals surface area contributed by atoms with Crippen molar-refractivity contribution in [3.63, 3.8) is 0 Å². The third kappa shape index (κ3) is 7.37. The summed E-state index contributed by atoms with van der Waals surface area (Å²) in [6.07, 6.45) is -0.212. The Morgan fingerprint density at radius 2 is 1.61 bits per heavy atom. The van der Waals surface area contributed by atoms with Crippen LogP contribution in [0.4, 0.5) is 46.4 Å². The first-order chi connectivity index (χ1) is 26.7. The molecule has 0 saturated carbocycles. The Kier molecular flexibility index (Phi) is 9.51. The largest absolute Gasteiger partial charge is 0.478 e. The maximum absolute atomic E-state index is 14.3. The summed E-state index contributed by atoms with van der Waals surface area (Å²) in [5, 5.41) is 17.7. The number of hydrogen-bond donors (Lipinski definition) is 5. The Morgan fingerprint density at radius 3 is 2.27 bits per heavy atom. The average molecular weight is 760 g/mol. The van der Waals surface area contributed by atoms with E-state index in [4.69, 9.17) is 0 Å². The fourth-order valence-electron chi connectivity index (χ4n) is 6.51. The van der Waals surface area contributed by atoms with Gasteiger partial charge in [-0.05, 0) is 93.1 Å². The van der Waals surface area contributed by atoms with Crippen LogP contribution in [0.1, 0.15) is 54.5 Å². The molecule has 0 atom stereocenters. The van der Waals surface area contributed by atoms with E-state index >= 15 is 0 Å². The fraction of sp³-hybridized carbons (Fsp3) is 0.0976. The van der Waals surface area contributed by atoms with Crippen molar-refractivity contribution in [3.8, 4) is 5.69 Å². The molecule has 1 aliphatic rings. The molecule has 0 unspecified atom stereocenters. The van der Waals surface area contributed by atoms with E-state index in [2.05, 4.69) is 25.9 Å². The Bertz CT molecular complexity index is 2590. The van der Waals surface area contributed by atoms with Crippen LogP contribution in [0, 0.1) is 20.8 Å². The molecule has 15 heteroatoms. The number of rotatable bonds is 8. The standard InChI is InChI=1S/C41H32F3N7O5/c1-22-20-50(21-45-22)30-14-26(41(42,43)44)15-31(18-30)51(38(53)25-8-5-4-6-9-25)29-11-7-10-27(16-29)47-40(56)48-28-12-13-32-33(37(52)49-35(32)17-28)19-34-23(2)36(39(54)55)24(3)46-34/h4-21,46H,1-3H3,(H,49,52)(H,54,55)(H2,47,48,56). The smallest absolute Gasteiger partial charge is 0.416 e. The van der Waals surface area contributed by atoms with E-state index in [1.54, 1.807) is 93.7 Å². The van der Waals surface area contributed by atoms with Gasteiger partial charge in [0, 0.05) is 45.8 Å². The van der Waals surface area contributed by atoms with Crippen LogP contribution in [-0.2, 0) is 11.0 Å². The number of H-pyrrole nitrogens is 1. The van der Waals surface area contributed by atoms with E-state index in [9.17, 15) is 37.5 Å². The molecule has 0 radical (unpaired) electrons. The number of benzene rings is 4. The molecule has 0 bridgehead atoms. The number of carbonyl (C=O) groups is 4. The zero-order chi connectivity index (χ0) is 39.9. The van der Waals surface area contributed by atoms with Gasteiger partial charge in [-0.15, -0.1) is 0 Å². The summed E-state index contributed by atoms with van der Waals surface area (Å²) in [6, 6.07) is 21.6. The first-order valence-corrected chi connectivity index (χ1v) is 17.1. The fourth-order valence-corrected chi connectivity index (χ4v) is 6.51. The predicted molar refractivity (Wildman–Crippen MR) is 205 cm³/mol. The van der Waals surface area contributed by atoms with Crippen LogP contribution >= 0.6 is 0 Å². The van der Waals surface area contributed by atoms with Gasteiger partial charge in [-0.1, -0.05) is 30.3 Å². The lowest BCUT2D eigenvalue weighted by atomic mass is 10.0. The number of aromatic carboxylic acids is 1. The molecular formula is C41H32F3N7O5. The van der Waals surface area contributed by atoms with Gasteiger partial charge in [-0.2, -0.15) is 13.2 Å². The summed E-state index contributed by atoms with van der Waals surface area (Å²) in [4.78, 5) is 60.3. The lowest BCUT2D eigenvalue weighted by Gasteiger charge is -2.25. The monoisotopic (exact) mass is 759 g/mol. The van der Waals surface area contributed by atoms with Gasteiger partial charge < -0.3 is 30.6 Å². The van der Waals surface area contributed by atoms with Gasteiger partial charge in [0.05, 0.1) is 45.8 Å². The number of urea groups is 1. The lowest BCUT2D eigenvalue weighted by molar-refractivity contribution is -0.137. The van der Waals surface area contributed by atoms with Crippen LogP contribution < -0.4 is 20.9 Å². The third-order valence-corrected chi connectivity index (χ3v) is 9.12. The number of aromatic nitrogens is 3. The van der Waals surface area contributed by atoms with Crippen LogP contribution in [0.2, 0.25) is 0 Å². The highest BCUT2D eigenvalue weighted by Gasteiger charge is 2.33. The Hall–Kier alpha value is -7.42. The number of aryl methyl sites for hydroxylation is 2. The molecule has 7 rings (SSSR count). The second-order valence-electron chi connectivity index (χ2n) is 13.0. The van der Waals surface area contributed by atoms with E-state index in [1.807, 2.05) is 0 Å². The molecule has 2 aromatic heterocycles. The maximum Gasteiger partial charge on any atom is 0.416 e. The summed E-state index contributed by atoms with van der Waals surface area (Å²) in [6.45, 7) is 4.99. The summed E-state index contributed by atoms with van der Waals surface area (Å²) < 4.78 is 44.3. The summed E-state index contributed by atoms with van der Waals surface area (Å²) in [5.41, 5.74) is 3.41. The molecule has 0 spiro atoms. The first kappa shape index (κ1) is 36.9. The minimum Gasteiger partial charge on any atom is -0.478 e. The second-order valence-corrected chi connectivity index (χ2v) is 13.0. The number of carboxylic acid groups (broad SMARTS) is 1. The van der Waals surface area contributed by atoms with Crippen molar-refractivity contribution in [1.82, 2.24) is 14.5 Å². The Morgan fingerprint density at radius 1 is 0.875 bits per heavy atom. The number of aromatic amines is 1. The van der Waals surface area contributed by atoms with Crippen LogP contribution in [0.25, 0.3) is 17.3 Å². The van der Waals surface area contributed by atoms with Crippen molar-refractivity contribution in [2.45, 2.75) is 26.9 Å². The molecule has 3 heterocycles. The van der Waals surface area contributed by atoms with Crippen molar-refractivity contribution in [2.24, 2.45) is 0 Å². The van der Waals surface area contributed by atoms with Crippen LogP contribution in [0.15, 0.2) is 104 Å². The van der Waals surface area contributed by atoms with Gasteiger partial charge in [0.15, 0.2) is 0 Å². The lowest BCUT2D eigenvalue weighted by Crippen LogP contribution is -2.27. The van der Waals surface area contributed by atoms with E-state index in [1.165, 1.54) is 29.1 Å². The zero-order valence-corrected chi connectivity index (χ0v) is 29.9. The molecular weight excluding hydrogens is 727 g/mol. The molecule has 6 aromatic rings.